The Bertz CT molecular complexity index is 881. The normalized spacial score (nSPS) is 13.8. The summed E-state index contributed by atoms with van der Waals surface area (Å²) in [6.07, 6.45) is 1.57. The number of carbonyl (C=O) groups excluding carboxylic acids is 3. The summed E-state index contributed by atoms with van der Waals surface area (Å²) in [4.78, 5) is 35.8. The van der Waals surface area contributed by atoms with Crippen molar-refractivity contribution in [3.63, 3.8) is 0 Å². The van der Waals surface area contributed by atoms with E-state index >= 15 is 0 Å². The van der Waals surface area contributed by atoms with Crippen LogP contribution in [0, 0.1) is 12.8 Å². The Morgan fingerprint density at radius 3 is 2.61 bits per heavy atom. The fourth-order valence-corrected chi connectivity index (χ4v) is 3.31. The molecule has 0 aliphatic carbocycles. The number of nitrogens with one attached hydrogen (secondary N) is 1. The number of cyclic esters (lactones) is 1. The van der Waals surface area contributed by atoms with Crippen LogP contribution in [-0.4, -0.2) is 38.0 Å². The first-order valence-electron chi connectivity index (χ1n) is 10.0. The third-order valence-corrected chi connectivity index (χ3v) is 4.95. The Balaban J connectivity index is 2.33. The molecule has 0 saturated carbocycles. The highest BCUT2D eigenvalue weighted by Crippen LogP contribution is 2.41. The highest BCUT2D eigenvalue weighted by molar-refractivity contribution is 6.06. The van der Waals surface area contributed by atoms with Crippen LogP contribution >= 0.6 is 0 Å². The number of allylic oxidation sites excluding steroid dienone is 2. The van der Waals surface area contributed by atoms with E-state index in [-0.39, 0.29) is 36.2 Å². The average molecular weight is 439 g/mol. The molecule has 0 spiro atoms. The van der Waals surface area contributed by atoms with E-state index in [2.05, 4.69) is 5.32 Å². The number of fused-ring (bicyclic) bond motifs is 1. The molecule has 0 bridgehead atoms. The lowest BCUT2D eigenvalue weighted by Gasteiger charge is -2.19. The minimum atomic E-state index is -3.25. The van der Waals surface area contributed by atoms with E-state index in [4.69, 9.17) is 14.2 Å². The number of benzene rings is 1. The molecule has 170 valence electrons. The molecule has 1 aliphatic rings. The van der Waals surface area contributed by atoms with Gasteiger partial charge in [-0.25, -0.2) is 4.79 Å². The quantitative estimate of drug-likeness (QED) is 0.438. The van der Waals surface area contributed by atoms with Crippen molar-refractivity contribution >= 4 is 23.5 Å². The monoisotopic (exact) mass is 439 g/mol. The van der Waals surface area contributed by atoms with Gasteiger partial charge in [-0.1, -0.05) is 26.0 Å². The highest BCUT2D eigenvalue weighted by Gasteiger charge is 2.33. The zero-order chi connectivity index (χ0) is 23.1. The maximum atomic E-state index is 12.9. The Kier molecular flexibility index (Phi) is 8.53. The van der Waals surface area contributed by atoms with E-state index < -0.39 is 18.3 Å². The van der Waals surface area contributed by atoms with Gasteiger partial charge in [0.1, 0.15) is 12.4 Å². The summed E-state index contributed by atoms with van der Waals surface area (Å²) in [5.41, 5.74) is 1.53. The van der Waals surface area contributed by atoms with Crippen LogP contribution in [0.4, 0.5) is 14.5 Å². The predicted molar refractivity (Wildman–Crippen MR) is 109 cm³/mol. The molecule has 0 saturated heterocycles. The van der Waals surface area contributed by atoms with E-state index in [1.807, 2.05) is 6.92 Å². The second-order valence-corrected chi connectivity index (χ2v) is 7.21. The number of hydrogen-bond acceptors (Lipinski definition) is 6. The lowest BCUT2D eigenvalue weighted by atomic mass is 9.93. The van der Waals surface area contributed by atoms with Crippen LogP contribution in [0.2, 0.25) is 0 Å². The number of rotatable bonds is 10. The number of amides is 1. The van der Waals surface area contributed by atoms with Gasteiger partial charge in [0.2, 0.25) is 0 Å². The van der Waals surface area contributed by atoms with E-state index in [9.17, 15) is 23.2 Å². The van der Waals surface area contributed by atoms with Crippen molar-refractivity contribution < 1.29 is 37.4 Å². The number of carbonyl (C=O) groups is 3. The van der Waals surface area contributed by atoms with E-state index in [0.29, 0.717) is 35.5 Å². The first-order valence-corrected chi connectivity index (χ1v) is 10.0. The van der Waals surface area contributed by atoms with Gasteiger partial charge in [-0.3, -0.25) is 9.59 Å². The third kappa shape index (κ3) is 5.59. The summed E-state index contributed by atoms with van der Waals surface area (Å²) < 4.78 is 41.4. The number of methoxy groups -OCH3 is 1. The maximum absolute atomic E-state index is 12.9. The molecule has 31 heavy (non-hydrogen) atoms. The number of alkyl halides is 2. The van der Waals surface area contributed by atoms with Gasteiger partial charge in [0.05, 0.1) is 30.9 Å². The molecule has 0 radical (unpaired) electrons. The summed E-state index contributed by atoms with van der Waals surface area (Å²) in [6, 6.07) is 0. The minimum absolute atomic E-state index is 0.0264. The molecule has 1 heterocycles. The van der Waals surface area contributed by atoms with Crippen molar-refractivity contribution in [1.29, 1.82) is 0 Å². The number of anilines is 1. The fourth-order valence-electron chi connectivity index (χ4n) is 3.31. The van der Waals surface area contributed by atoms with Crippen LogP contribution in [0.25, 0.3) is 0 Å². The number of hydrogen-bond donors (Lipinski definition) is 1. The van der Waals surface area contributed by atoms with Crippen LogP contribution < -0.4 is 10.1 Å². The zero-order valence-corrected chi connectivity index (χ0v) is 18.1. The van der Waals surface area contributed by atoms with Gasteiger partial charge in [-0.2, -0.15) is 8.78 Å². The Morgan fingerprint density at radius 1 is 1.29 bits per heavy atom. The summed E-state index contributed by atoms with van der Waals surface area (Å²) in [5, 5.41) is 2.16. The molecule has 9 heteroatoms. The first-order chi connectivity index (χ1) is 14.7. The second kappa shape index (κ2) is 10.9. The fraction of sp³-hybridized carbons (Fsp3) is 0.500. The lowest BCUT2D eigenvalue weighted by molar-refractivity contribution is -0.147. The lowest BCUT2D eigenvalue weighted by Crippen LogP contribution is -2.23. The predicted octanol–water partition coefficient (Wildman–Crippen LogP) is 3.96. The smallest absolute Gasteiger partial charge is 0.341 e. The molecule has 1 atom stereocenters. The Morgan fingerprint density at radius 2 is 2.00 bits per heavy atom. The molecular formula is C22H27F2NO6. The van der Waals surface area contributed by atoms with Gasteiger partial charge in [-0.15, -0.1) is 0 Å². The Labute approximate surface area is 179 Å². The molecule has 1 aliphatic heterocycles. The number of ether oxygens (including phenoxy) is 3. The molecule has 1 unspecified atom stereocenters. The van der Waals surface area contributed by atoms with Gasteiger partial charge in [-0.05, 0) is 31.7 Å². The molecule has 1 amide bonds. The molecule has 1 aromatic rings. The van der Waals surface area contributed by atoms with Crippen LogP contribution in [0.1, 0.15) is 53.7 Å². The van der Waals surface area contributed by atoms with Gasteiger partial charge in [0.15, 0.2) is 0 Å². The summed E-state index contributed by atoms with van der Waals surface area (Å²) in [7, 11) is 1.42. The third-order valence-electron chi connectivity index (χ3n) is 4.95. The number of esters is 2. The van der Waals surface area contributed by atoms with Crippen LogP contribution in [-0.2, 0) is 32.1 Å². The highest BCUT2D eigenvalue weighted by atomic mass is 19.3. The van der Waals surface area contributed by atoms with E-state index in [0.717, 1.165) is 6.42 Å². The van der Waals surface area contributed by atoms with Crippen molar-refractivity contribution in [2.45, 2.75) is 53.1 Å². The van der Waals surface area contributed by atoms with Crippen molar-refractivity contribution in [2.75, 3.05) is 19.0 Å². The van der Waals surface area contributed by atoms with Crippen molar-refractivity contribution in [3.8, 4) is 5.75 Å². The van der Waals surface area contributed by atoms with Crippen molar-refractivity contribution in [2.24, 2.45) is 5.92 Å². The topological polar surface area (TPSA) is 90.9 Å². The molecule has 0 aromatic heterocycles. The second-order valence-electron chi connectivity index (χ2n) is 7.21. The molecule has 7 nitrogen and oxygen atoms in total. The van der Waals surface area contributed by atoms with Crippen LogP contribution in [0.5, 0.6) is 5.75 Å². The van der Waals surface area contributed by atoms with Gasteiger partial charge in [0.25, 0.3) is 5.91 Å². The summed E-state index contributed by atoms with van der Waals surface area (Å²) >= 11 is 0. The first kappa shape index (κ1) is 24.3. The molecular weight excluding hydrogens is 412 g/mol. The van der Waals surface area contributed by atoms with Crippen LogP contribution in [0.3, 0.4) is 0 Å². The van der Waals surface area contributed by atoms with Gasteiger partial charge in [0, 0.05) is 11.1 Å². The number of halogens is 2. The SMILES string of the molecule is CCCOC(=O)C(C)C/C=C/Cc1c(NC(=O)C(F)F)c2c(c(C)c1OC)COC2=O. The van der Waals surface area contributed by atoms with Gasteiger partial charge >= 0.3 is 18.4 Å². The minimum Gasteiger partial charge on any atom is -0.496 e. The summed E-state index contributed by atoms with van der Waals surface area (Å²) in [6.45, 7) is 5.72. The zero-order valence-electron chi connectivity index (χ0n) is 18.1. The van der Waals surface area contributed by atoms with E-state index in [1.165, 1.54) is 7.11 Å². The van der Waals surface area contributed by atoms with Crippen LogP contribution in [0.15, 0.2) is 12.2 Å². The largest absolute Gasteiger partial charge is 0.496 e. The molecule has 1 N–H and O–H groups in total. The molecule has 0 fully saturated rings. The van der Waals surface area contributed by atoms with Crippen molar-refractivity contribution in [1.82, 2.24) is 0 Å². The van der Waals surface area contributed by atoms with E-state index in [1.54, 1.807) is 26.0 Å². The average Bonchev–Trinajstić information content (AvgIpc) is 3.13. The maximum Gasteiger partial charge on any atom is 0.341 e. The van der Waals surface area contributed by atoms with Crippen molar-refractivity contribution in [3.05, 3.63) is 34.4 Å². The summed E-state index contributed by atoms with van der Waals surface area (Å²) in [5.74, 6) is -2.49. The molecule has 2 rings (SSSR count). The van der Waals surface area contributed by atoms with Gasteiger partial charge < -0.3 is 19.5 Å². The molecule has 1 aromatic carbocycles. The standard InChI is InChI=1S/C22H27F2NO6/c1-5-10-30-21(27)12(2)8-6-7-9-14-17(25-20(26)19(23)24)16-15(11-31-22(16)28)13(3)18(14)29-4/h6-7,12,19H,5,8-11H2,1-4H3,(H,25,26)/b7-6+. The Hall–Kier alpha value is -2.97.